The van der Waals surface area contributed by atoms with Crippen molar-refractivity contribution >= 4 is 21.8 Å². The van der Waals surface area contributed by atoms with E-state index in [0.717, 1.165) is 5.56 Å². The highest BCUT2D eigenvalue weighted by Gasteiger charge is 2.18. The molecule has 0 saturated carbocycles. The molecule has 0 aromatic heterocycles. The summed E-state index contributed by atoms with van der Waals surface area (Å²) in [6.45, 7) is 4.79. The lowest BCUT2D eigenvalue weighted by atomic mass is 10.2. The van der Waals surface area contributed by atoms with Crippen LogP contribution >= 0.6 is 0 Å². The first-order chi connectivity index (χ1) is 14.1. The fourth-order valence-electron chi connectivity index (χ4n) is 2.44. The maximum Gasteiger partial charge on any atom is 0.279 e. The van der Waals surface area contributed by atoms with Crippen LogP contribution in [-0.4, -0.2) is 32.9 Å². The normalized spacial score (nSPS) is 12.1. The number of hydrazine groups is 1. The molecule has 10 heteroatoms. The number of sulfonamides is 1. The molecule has 162 valence electrons. The van der Waals surface area contributed by atoms with E-state index in [4.69, 9.17) is 4.74 Å². The van der Waals surface area contributed by atoms with Crippen LogP contribution in [0.3, 0.4) is 0 Å². The highest BCUT2D eigenvalue weighted by atomic mass is 32.2. The fraction of sp³-hybridized carbons (Fsp3) is 0.300. The molecule has 0 spiro atoms. The Balaban J connectivity index is 1.77. The predicted octanol–water partition coefficient (Wildman–Crippen LogP) is 1.73. The summed E-state index contributed by atoms with van der Waals surface area (Å²) < 4.78 is 45.3. The van der Waals surface area contributed by atoms with Crippen LogP contribution in [0.1, 0.15) is 24.5 Å². The summed E-state index contributed by atoms with van der Waals surface area (Å²) in [7, 11) is -3.76. The Hall–Kier alpha value is -2.98. The highest BCUT2D eigenvalue weighted by Crippen LogP contribution is 2.16. The minimum absolute atomic E-state index is 0.140. The number of amides is 2. The lowest BCUT2D eigenvalue weighted by Crippen LogP contribution is -2.47. The van der Waals surface area contributed by atoms with Gasteiger partial charge in [0.25, 0.3) is 5.91 Å². The van der Waals surface area contributed by atoms with Gasteiger partial charge in [0.1, 0.15) is 11.6 Å². The molecule has 2 rings (SSSR count). The van der Waals surface area contributed by atoms with Gasteiger partial charge in [0.15, 0.2) is 6.10 Å². The van der Waals surface area contributed by atoms with Gasteiger partial charge in [0, 0.05) is 13.0 Å². The largest absolute Gasteiger partial charge is 0.481 e. The number of hydrogen-bond donors (Lipinski definition) is 3. The van der Waals surface area contributed by atoms with Crippen molar-refractivity contribution in [1.82, 2.24) is 15.6 Å². The molecule has 1 unspecified atom stereocenters. The topological polar surface area (TPSA) is 114 Å². The third-order valence-electron chi connectivity index (χ3n) is 4.10. The number of benzene rings is 2. The van der Waals surface area contributed by atoms with Crippen LogP contribution in [0.5, 0.6) is 5.75 Å². The first-order valence-corrected chi connectivity index (χ1v) is 10.6. The Morgan fingerprint density at radius 2 is 1.73 bits per heavy atom. The van der Waals surface area contributed by atoms with Crippen LogP contribution in [0.2, 0.25) is 0 Å². The summed E-state index contributed by atoms with van der Waals surface area (Å²) in [4.78, 5) is 24.0. The Bertz CT molecular complexity index is 1010. The minimum atomic E-state index is -3.76. The Labute approximate surface area is 174 Å². The second kappa shape index (κ2) is 10.2. The lowest BCUT2D eigenvalue weighted by Gasteiger charge is -2.15. The molecule has 30 heavy (non-hydrogen) atoms. The van der Waals surface area contributed by atoms with Crippen molar-refractivity contribution in [1.29, 1.82) is 0 Å². The van der Waals surface area contributed by atoms with Gasteiger partial charge in [-0.05, 0) is 62.2 Å². The van der Waals surface area contributed by atoms with Crippen LogP contribution in [0.4, 0.5) is 4.39 Å². The molecule has 3 N–H and O–H groups in total. The van der Waals surface area contributed by atoms with E-state index in [1.807, 2.05) is 6.07 Å². The quantitative estimate of drug-likeness (QED) is 0.545. The van der Waals surface area contributed by atoms with Crippen LogP contribution in [0.15, 0.2) is 47.4 Å². The van der Waals surface area contributed by atoms with E-state index >= 15 is 0 Å². The minimum Gasteiger partial charge on any atom is -0.481 e. The van der Waals surface area contributed by atoms with Gasteiger partial charge in [-0.1, -0.05) is 12.1 Å². The molecule has 2 aromatic carbocycles. The molecular weight excluding hydrogens is 413 g/mol. The number of nitrogens with one attached hydrogen (secondary N) is 3. The molecule has 2 amide bonds. The Morgan fingerprint density at radius 3 is 2.40 bits per heavy atom. The predicted molar refractivity (Wildman–Crippen MR) is 108 cm³/mol. The van der Waals surface area contributed by atoms with Crippen LogP contribution in [0.25, 0.3) is 0 Å². The summed E-state index contributed by atoms with van der Waals surface area (Å²) in [6, 6.07) is 10.2. The van der Waals surface area contributed by atoms with Crippen molar-refractivity contribution in [2.45, 2.75) is 38.2 Å². The maximum atomic E-state index is 12.9. The molecule has 0 radical (unpaired) electrons. The molecule has 2 aromatic rings. The van der Waals surface area contributed by atoms with E-state index < -0.39 is 33.8 Å². The van der Waals surface area contributed by atoms with Gasteiger partial charge in [0.05, 0.1) is 4.90 Å². The number of hydrogen-bond acceptors (Lipinski definition) is 5. The van der Waals surface area contributed by atoms with Crippen molar-refractivity contribution in [2.75, 3.05) is 6.54 Å². The van der Waals surface area contributed by atoms with Crippen LogP contribution in [0, 0.1) is 19.7 Å². The smallest absolute Gasteiger partial charge is 0.279 e. The van der Waals surface area contributed by atoms with Gasteiger partial charge in [-0.3, -0.25) is 20.4 Å². The van der Waals surface area contributed by atoms with E-state index in [1.165, 1.54) is 31.2 Å². The van der Waals surface area contributed by atoms with Gasteiger partial charge < -0.3 is 4.74 Å². The van der Waals surface area contributed by atoms with Crippen molar-refractivity contribution in [3.8, 4) is 5.75 Å². The highest BCUT2D eigenvalue weighted by molar-refractivity contribution is 7.89. The van der Waals surface area contributed by atoms with Gasteiger partial charge in [-0.15, -0.1) is 0 Å². The lowest BCUT2D eigenvalue weighted by molar-refractivity contribution is -0.132. The third-order valence-corrected chi connectivity index (χ3v) is 5.70. The third kappa shape index (κ3) is 6.82. The van der Waals surface area contributed by atoms with Crippen molar-refractivity contribution in [3.05, 3.63) is 59.4 Å². The van der Waals surface area contributed by atoms with Gasteiger partial charge >= 0.3 is 0 Å². The molecule has 0 aliphatic rings. The van der Waals surface area contributed by atoms with Crippen LogP contribution < -0.4 is 20.3 Å². The Morgan fingerprint density at radius 1 is 1.07 bits per heavy atom. The molecular formula is C20H24FN3O5S. The molecule has 0 bridgehead atoms. The molecule has 0 aliphatic carbocycles. The summed E-state index contributed by atoms with van der Waals surface area (Å²) >= 11 is 0. The van der Waals surface area contributed by atoms with E-state index in [0.29, 0.717) is 11.3 Å². The summed E-state index contributed by atoms with van der Waals surface area (Å²) in [5.74, 6) is -1.34. The molecule has 1 atom stereocenters. The second-order valence-electron chi connectivity index (χ2n) is 6.67. The summed E-state index contributed by atoms with van der Waals surface area (Å²) in [5, 5.41) is 0. The van der Waals surface area contributed by atoms with Gasteiger partial charge in [-0.25, -0.2) is 17.5 Å². The van der Waals surface area contributed by atoms with Gasteiger partial charge in [-0.2, -0.15) is 0 Å². The molecule has 0 fully saturated rings. The van der Waals surface area contributed by atoms with Crippen molar-refractivity contribution in [2.24, 2.45) is 0 Å². The average Bonchev–Trinajstić information content (AvgIpc) is 2.69. The van der Waals surface area contributed by atoms with E-state index in [-0.39, 0.29) is 17.9 Å². The number of ether oxygens (including phenoxy) is 1. The number of rotatable bonds is 8. The zero-order valence-electron chi connectivity index (χ0n) is 16.9. The van der Waals surface area contributed by atoms with E-state index in [9.17, 15) is 22.4 Å². The second-order valence-corrected chi connectivity index (χ2v) is 8.40. The zero-order chi connectivity index (χ0) is 22.3. The van der Waals surface area contributed by atoms with Gasteiger partial charge in [0.2, 0.25) is 15.9 Å². The van der Waals surface area contributed by atoms with Crippen LogP contribution in [-0.2, 0) is 19.6 Å². The number of aryl methyl sites for hydroxylation is 2. The summed E-state index contributed by atoms with van der Waals surface area (Å²) in [6.07, 6.45) is -1.13. The molecule has 0 aliphatic heterocycles. The van der Waals surface area contributed by atoms with Crippen molar-refractivity contribution in [3.63, 3.8) is 0 Å². The molecule has 0 saturated heterocycles. The SMILES string of the molecule is Cc1ccc(C)c(S(=O)(=O)NCCC(=O)NNC(=O)C(C)Oc2ccc(F)cc2)c1. The molecule has 8 nitrogen and oxygen atoms in total. The summed E-state index contributed by atoms with van der Waals surface area (Å²) in [5.41, 5.74) is 5.79. The first-order valence-electron chi connectivity index (χ1n) is 9.16. The Kier molecular flexibility index (Phi) is 7.90. The monoisotopic (exact) mass is 437 g/mol. The number of halogens is 1. The number of carbonyl (C=O) groups excluding carboxylic acids is 2. The first kappa shape index (κ1) is 23.3. The number of carbonyl (C=O) groups is 2. The standard InChI is InChI=1S/C20H24FN3O5S/c1-13-4-5-14(2)18(12-13)30(27,28)22-11-10-19(25)23-24-20(26)15(3)29-17-8-6-16(21)7-9-17/h4-9,12,15,22H,10-11H2,1-3H3,(H,23,25)(H,24,26). The molecule has 0 heterocycles. The van der Waals surface area contributed by atoms with E-state index in [2.05, 4.69) is 15.6 Å². The maximum absolute atomic E-state index is 12.9. The zero-order valence-corrected chi connectivity index (χ0v) is 17.7. The average molecular weight is 437 g/mol. The fourth-order valence-corrected chi connectivity index (χ4v) is 3.80. The van der Waals surface area contributed by atoms with Crippen molar-refractivity contribution < 1.29 is 27.1 Å². The van der Waals surface area contributed by atoms with E-state index in [1.54, 1.807) is 26.0 Å².